The SMILES string of the molecule is NC(=O)C(Cc1ccc2c(c1)C(CCc1ccccc1)CS2)Cc1ccc[nH]1. The number of aryl methyl sites for hydroxylation is 1. The van der Waals surface area contributed by atoms with Gasteiger partial charge in [0.2, 0.25) is 5.91 Å². The number of rotatable bonds is 8. The number of primary amides is 1. The summed E-state index contributed by atoms with van der Waals surface area (Å²) < 4.78 is 0. The van der Waals surface area contributed by atoms with Crippen LogP contribution in [0.15, 0.2) is 71.8 Å². The third-order valence-corrected chi connectivity index (χ3v) is 6.84. The van der Waals surface area contributed by atoms with Gasteiger partial charge in [-0.1, -0.05) is 42.5 Å². The fraction of sp³-hybridized carbons (Fsp3) is 0.292. The number of H-pyrrole nitrogens is 1. The number of fused-ring (bicyclic) bond motifs is 1. The first-order chi connectivity index (χ1) is 13.7. The summed E-state index contributed by atoms with van der Waals surface area (Å²) in [4.78, 5) is 16.6. The van der Waals surface area contributed by atoms with Crippen LogP contribution in [0.1, 0.15) is 34.7 Å². The minimum absolute atomic E-state index is 0.187. The molecule has 3 aromatic rings. The molecule has 0 spiro atoms. The lowest BCUT2D eigenvalue weighted by atomic mass is 9.89. The van der Waals surface area contributed by atoms with E-state index in [9.17, 15) is 4.79 Å². The molecule has 1 aromatic heterocycles. The second-order valence-corrected chi connectivity index (χ2v) is 8.67. The molecule has 2 heterocycles. The normalized spacial score (nSPS) is 16.6. The monoisotopic (exact) mass is 390 g/mol. The summed E-state index contributed by atoms with van der Waals surface area (Å²) in [5.74, 6) is 1.31. The quantitative estimate of drug-likeness (QED) is 0.584. The van der Waals surface area contributed by atoms with Crippen LogP contribution >= 0.6 is 11.8 Å². The van der Waals surface area contributed by atoms with Gasteiger partial charge in [-0.2, -0.15) is 0 Å². The Labute approximate surface area is 170 Å². The maximum Gasteiger partial charge on any atom is 0.221 e. The largest absolute Gasteiger partial charge is 0.369 e. The highest BCUT2D eigenvalue weighted by Gasteiger charge is 2.24. The predicted octanol–water partition coefficient (Wildman–Crippen LogP) is 4.72. The van der Waals surface area contributed by atoms with E-state index in [0.717, 1.165) is 24.3 Å². The minimum atomic E-state index is -0.231. The highest BCUT2D eigenvalue weighted by atomic mass is 32.2. The molecule has 1 aliphatic heterocycles. The molecular formula is C24H26N2OS. The van der Waals surface area contributed by atoms with E-state index in [-0.39, 0.29) is 11.8 Å². The molecule has 0 saturated heterocycles. The first kappa shape index (κ1) is 18.9. The number of nitrogens with two attached hydrogens (primary N) is 1. The van der Waals surface area contributed by atoms with E-state index in [2.05, 4.69) is 53.5 Å². The van der Waals surface area contributed by atoms with Crippen LogP contribution in [-0.2, 0) is 24.1 Å². The molecule has 4 heteroatoms. The fourth-order valence-corrected chi connectivity index (χ4v) is 5.28. The van der Waals surface area contributed by atoms with Gasteiger partial charge in [-0.05, 0) is 66.5 Å². The topological polar surface area (TPSA) is 58.9 Å². The zero-order valence-corrected chi connectivity index (χ0v) is 16.8. The summed E-state index contributed by atoms with van der Waals surface area (Å²) in [7, 11) is 0. The molecule has 2 aromatic carbocycles. The second kappa shape index (κ2) is 8.70. The maximum atomic E-state index is 12.0. The Kier molecular flexibility index (Phi) is 5.87. The minimum Gasteiger partial charge on any atom is -0.369 e. The highest BCUT2D eigenvalue weighted by molar-refractivity contribution is 7.99. The van der Waals surface area contributed by atoms with Gasteiger partial charge in [0.1, 0.15) is 0 Å². The van der Waals surface area contributed by atoms with Crippen molar-refractivity contribution in [2.45, 2.75) is 36.5 Å². The van der Waals surface area contributed by atoms with E-state index < -0.39 is 0 Å². The molecule has 2 atom stereocenters. The van der Waals surface area contributed by atoms with E-state index in [1.165, 1.54) is 21.6 Å². The maximum absolute atomic E-state index is 12.0. The van der Waals surface area contributed by atoms with Crippen molar-refractivity contribution in [2.24, 2.45) is 11.7 Å². The van der Waals surface area contributed by atoms with Crippen molar-refractivity contribution in [3.63, 3.8) is 0 Å². The number of amides is 1. The van der Waals surface area contributed by atoms with E-state index in [1.54, 1.807) is 0 Å². The lowest BCUT2D eigenvalue weighted by Crippen LogP contribution is -2.27. The van der Waals surface area contributed by atoms with E-state index in [1.807, 2.05) is 30.1 Å². The Morgan fingerprint density at radius 2 is 1.93 bits per heavy atom. The van der Waals surface area contributed by atoms with Gasteiger partial charge in [-0.15, -0.1) is 11.8 Å². The number of benzene rings is 2. The number of aromatic amines is 1. The third-order valence-electron chi connectivity index (χ3n) is 5.59. The molecule has 1 aliphatic rings. The van der Waals surface area contributed by atoms with Crippen molar-refractivity contribution in [2.75, 3.05) is 5.75 Å². The molecule has 28 heavy (non-hydrogen) atoms. The number of nitrogens with one attached hydrogen (secondary N) is 1. The summed E-state index contributed by atoms with van der Waals surface area (Å²) in [5, 5.41) is 0. The number of carbonyl (C=O) groups is 1. The number of aromatic nitrogens is 1. The van der Waals surface area contributed by atoms with Gasteiger partial charge >= 0.3 is 0 Å². The molecule has 0 bridgehead atoms. The first-order valence-corrected chi connectivity index (χ1v) is 10.9. The Morgan fingerprint density at radius 1 is 1.07 bits per heavy atom. The van der Waals surface area contributed by atoms with Crippen molar-refractivity contribution >= 4 is 17.7 Å². The number of hydrogen-bond acceptors (Lipinski definition) is 2. The van der Waals surface area contributed by atoms with Crippen LogP contribution < -0.4 is 5.73 Å². The van der Waals surface area contributed by atoms with Gasteiger partial charge in [0.05, 0.1) is 0 Å². The molecule has 144 valence electrons. The number of thioether (sulfide) groups is 1. The molecule has 4 rings (SSSR count). The number of hydrogen-bond donors (Lipinski definition) is 2. The lowest BCUT2D eigenvalue weighted by Gasteiger charge is -2.15. The Balaban J connectivity index is 1.45. The number of carbonyl (C=O) groups excluding carboxylic acids is 1. The Bertz CT molecular complexity index is 921. The van der Waals surface area contributed by atoms with Crippen LogP contribution in [0.25, 0.3) is 0 Å². The molecule has 0 fully saturated rings. The lowest BCUT2D eigenvalue weighted by molar-refractivity contribution is -0.121. The molecule has 0 aliphatic carbocycles. The van der Waals surface area contributed by atoms with Crippen LogP contribution in [0.3, 0.4) is 0 Å². The van der Waals surface area contributed by atoms with E-state index >= 15 is 0 Å². The average molecular weight is 391 g/mol. The summed E-state index contributed by atoms with van der Waals surface area (Å²) in [5.41, 5.74) is 10.8. The molecule has 0 saturated carbocycles. The van der Waals surface area contributed by atoms with Crippen LogP contribution in [-0.4, -0.2) is 16.6 Å². The Morgan fingerprint density at radius 3 is 2.68 bits per heavy atom. The van der Waals surface area contributed by atoms with Crippen LogP contribution in [0.4, 0.5) is 0 Å². The Hall–Kier alpha value is -2.46. The van der Waals surface area contributed by atoms with Crippen molar-refractivity contribution in [3.8, 4) is 0 Å². The summed E-state index contributed by atoms with van der Waals surface area (Å²) in [6, 6.07) is 21.4. The van der Waals surface area contributed by atoms with Gasteiger partial charge in [-0.25, -0.2) is 0 Å². The van der Waals surface area contributed by atoms with E-state index in [4.69, 9.17) is 5.73 Å². The summed E-state index contributed by atoms with van der Waals surface area (Å²) in [6.45, 7) is 0. The van der Waals surface area contributed by atoms with Crippen molar-refractivity contribution in [1.29, 1.82) is 0 Å². The first-order valence-electron chi connectivity index (χ1n) is 9.90. The summed E-state index contributed by atoms with van der Waals surface area (Å²) >= 11 is 1.95. The van der Waals surface area contributed by atoms with Crippen molar-refractivity contribution in [3.05, 3.63) is 89.2 Å². The standard InChI is InChI=1S/C24H26N2OS/c25-24(27)20(15-21-7-4-12-26-21)13-18-9-11-23-22(14-18)19(16-28-23)10-8-17-5-2-1-3-6-17/h1-7,9,11-12,14,19-20,26H,8,10,13,15-16H2,(H2,25,27). The molecule has 3 nitrogen and oxygen atoms in total. The second-order valence-electron chi connectivity index (χ2n) is 7.61. The van der Waals surface area contributed by atoms with Gasteiger partial charge in [0, 0.05) is 28.5 Å². The van der Waals surface area contributed by atoms with Crippen molar-refractivity contribution < 1.29 is 4.79 Å². The van der Waals surface area contributed by atoms with Gasteiger partial charge < -0.3 is 10.7 Å². The van der Waals surface area contributed by atoms with E-state index in [0.29, 0.717) is 18.8 Å². The smallest absolute Gasteiger partial charge is 0.221 e. The molecule has 0 radical (unpaired) electrons. The van der Waals surface area contributed by atoms with Crippen LogP contribution in [0.2, 0.25) is 0 Å². The summed E-state index contributed by atoms with van der Waals surface area (Å²) in [6.07, 6.45) is 5.50. The zero-order valence-electron chi connectivity index (χ0n) is 15.9. The molecular weight excluding hydrogens is 364 g/mol. The average Bonchev–Trinajstić information content (AvgIpc) is 3.36. The highest BCUT2D eigenvalue weighted by Crippen LogP contribution is 2.42. The van der Waals surface area contributed by atoms with Crippen molar-refractivity contribution in [1.82, 2.24) is 4.98 Å². The van der Waals surface area contributed by atoms with Gasteiger partial charge in [-0.3, -0.25) is 4.79 Å². The predicted molar refractivity (Wildman–Crippen MR) is 116 cm³/mol. The fourth-order valence-electron chi connectivity index (χ4n) is 4.00. The van der Waals surface area contributed by atoms with Crippen LogP contribution in [0.5, 0.6) is 0 Å². The van der Waals surface area contributed by atoms with Gasteiger partial charge in [0.15, 0.2) is 0 Å². The molecule has 2 unspecified atom stereocenters. The van der Waals surface area contributed by atoms with Gasteiger partial charge in [0.25, 0.3) is 0 Å². The molecule has 1 amide bonds. The molecule has 3 N–H and O–H groups in total. The van der Waals surface area contributed by atoms with Crippen LogP contribution in [0, 0.1) is 5.92 Å². The zero-order chi connectivity index (χ0) is 19.3. The third kappa shape index (κ3) is 4.50.